The highest BCUT2D eigenvalue weighted by Gasteiger charge is 1.81. The van der Waals surface area contributed by atoms with E-state index in [-0.39, 0.29) is 0 Å². The molecular formula is C8H14N2. The molecule has 2 heteroatoms. The van der Waals surface area contributed by atoms with Gasteiger partial charge >= 0.3 is 0 Å². The van der Waals surface area contributed by atoms with Gasteiger partial charge in [0.25, 0.3) is 0 Å². The standard InChI is InChI=1S/C8H14N2/c1-4-6-8(9-3)10-7-5-2/h4,6-7,9H,1,5H2,2-3H3/b8-6-,10-7-. The third-order valence-electron chi connectivity index (χ3n) is 0.945. The molecule has 0 bridgehead atoms. The van der Waals surface area contributed by atoms with E-state index in [9.17, 15) is 0 Å². The molecule has 0 unspecified atom stereocenters. The van der Waals surface area contributed by atoms with Crippen LogP contribution in [0.2, 0.25) is 0 Å². The lowest BCUT2D eigenvalue weighted by atomic mass is 10.5. The zero-order chi connectivity index (χ0) is 7.82. The summed E-state index contributed by atoms with van der Waals surface area (Å²) in [6.07, 6.45) is 6.34. The van der Waals surface area contributed by atoms with Gasteiger partial charge in [0.2, 0.25) is 0 Å². The van der Waals surface area contributed by atoms with Gasteiger partial charge in [-0.05, 0) is 12.5 Å². The van der Waals surface area contributed by atoms with E-state index in [0.29, 0.717) is 0 Å². The van der Waals surface area contributed by atoms with Crippen LogP contribution in [0.25, 0.3) is 0 Å². The van der Waals surface area contributed by atoms with Crippen molar-refractivity contribution in [3.8, 4) is 0 Å². The monoisotopic (exact) mass is 138 g/mol. The maximum absolute atomic E-state index is 4.10. The summed E-state index contributed by atoms with van der Waals surface area (Å²) >= 11 is 0. The quantitative estimate of drug-likeness (QED) is 0.464. The van der Waals surface area contributed by atoms with Crippen LogP contribution in [0.15, 0.2) is 29.5 Å². The summed E-state index contributed by atoms with van der Waals surface area (Å²) in [4.78, 5) is 4.10. The van der Waals surface area contributed by atoms with Crippen LogP contribution in [0.4, 0.5) is 0 Å². The summed E-state index contributed by atoms with van der Waals surface area (Å²) < 4.78 is 0. The first-order chi connectivity index (χ1) is 4.85. The molecule has 10 heavy (non-hydrogen) atoms. The summed E-state index contributed by atoms with van der Waals surface area (Å²) in [6.45, 7) is 5.61. The van der Waals surface area contributed by atoms with Gasteiger partial charge in [0.15, 0.2) is 0 Å². The molecule has 0 aliphatic rings. The Morgan fingerprint density at radius 2 is 2.40 bits per heavy atom. The van der Waals surface area contributed by atoms with Crippen LogP contribution in [-0.2, 0) is 0 Å². The first kappa shape index (κ1) is 8.95. The van der Waals surface area contributed by atoms with Crippen LogP contribution >= 0.6 is 0 Å². The van der Waals surface area contributed by atoms with E-state index in [4.69, 9.17) is 0 Å². The van der Waals surface area contributed by atoms with Crippen molar-refractivity contribution in [3.63, 3.8) is 0 Å². The molecule has 0 aromatic carbocycles. The third-order valence-corrected chi connectivity index (χ3v) is 0.945. The Kier molecular flexibility index (Phi) is 5.44. The summed E-state index contributed by atoms with van der Waals surface area (Å²) in [6, 6.07) is 0. The number of rotatable bonds is 4. The van der Waals surface area contributed by atoms with Crippen molar-refractivity contribution < 1.29 is 0 Å². The lowest BCUT2D eigenvalue weighted by Gasteiger charge is -1.95. The van der Waals surface area contributed by atoms with Crippen molar-refractivity contribution in [1.29, 1.82) is 0 Å². The Morgan fingerprint density at radius 1 is 1.70 bits per heavy atom. The Morgan fingerprint density at radius 3 is 2.80 bits per heavy atom. The Labute approximate surface area is 62.4 Å². The Balaban J connectivity index is 3.94. The Hall–Kier alpha value is -1.05. The predicted octanol–water partition coefficient (Wildman–Crippen LogP) is 1.71. The minimum absolute atomic E-state index is 0.844. The zero-order valence-corrected chi connectivity index (χ0v) is 6.59. The molecule has 0 aromatic heterocycles. The molecule has 0 heterocycles. The van der Waals surface area contributed by atoms with Crippen LogP contribution in [0.3, 0.4) is 0 Å². The van der Waals surface area contributed by atoms with Crippen molar-refractivity contribution >= 4 is 6.21 Å². The fourth-order valence-corrected chi connectivity index (χ4v) is 0.492. The van der Waals surface area contributed by atoms with Gasteiger partial charge in [0.05, 0.1) is 0 Å². The van der Waals surface area contributed by atoms with Crippen molar-refractivity contribution in [2.75, 3.05) is 7.05 Å². The largest absolute Gasteiger partial charge is 0.373 e. The highest BCUT2D eigenvalue weighted by atomic mass is 15.0. The minimum Gasteiger partial charge on any atom is -0.373 e. The van der Waals surface area contributed by atoms with Crippen LogP contribution in [0, 0.1) is 0 Å². The molecule has 0 aliphatic carbocycles. The van der Waals surface area contributed by atoms with Crippen LogP contribution < -0.4 is 5.32 Å². The van der Waals surface area contributed by atoms with Crippen molar-refractivity contribution in [2.45, 2.75) is 13.3 Å². The van der Waals surface area contributed by atoms with E-state index in [1.54, 1.807) is 6.08 Å². The molecule has 0 spiro atoms. The average Bonchev–Trinajstić information content (AvgIpc) is 1.98. The molecule has 0 radical (unpaired) electrons. The zero-order valence-electron chi connectivity index (χ0n) is 6.59. The topological polar surface area (TPSA) is 24.4 Å². The van der Waals surface area contributed by atoms with Gasteiger partial charge in [-0.15, -0.1) is 0 Å². The smallest absolute Gasteiger partial charge is 0.125 e. The number of nitrogens with zero attached hydrogens (tertiary/aromatic N) is 1. The second-order valence-corrected chi connectivity index (χ2v) is 1.76. The fraction of sp³-hybridized carbons (Fsp3) is 0.375. The van der Waals surface area contributed by atoms with Gasteiger partial charge in [0.1, 0.15) is 5.82 Å². The van der Waals surface area contributed by atoms with E-state index in [2.05, 4.69) is 16.9 Å². The first-order valence-electron chi connectivity index (χ1n) is 3.38. The van der Waals surface area contributed by atoms with E-state index < -0.39 is 0 Å². The SMILES string of the molecule is C=C/C=C(\N=C/CC)NC. The lowest BCUT2D eigenvalue weighted by molar-refractivity contribution is 0.965. The van der Waals surface area contributed by atoms with Crippen LogP contribution in [0.1, 0.15) is 13.3 Å². The molecule has 0 aromatic rings. The van der Waals surface area contributed by atoms with Gasteiger partial charge in [-0.3, -0.25) is 0 Å². The summed E-state index contributed by atoms with van der Waals surface area (Å²) in [5, 5.41) is 2.93. The maximum atomic E-state index is 4.10. The molecule has 0 saturated heterocycles. The van der Waals surface area contributed by atoms with Crippen molar-refractivity contribution in [3.05, 3.63) is 24.6 Å². The second kappa shape index (κ2) is 6.08. The van der Waals surface area contributed by atoms with E-state index in [0.717, 1.165) is 12.2 Å². The molecule has 2 nitrogen and oxygen atoms in total. The second-order valence-electron chi connectivity index (χ2n) is 1.76. The average molecular weight is 138 g/mol. The van der Waals surface area contributed by atoms with Gasteiger partial charge in [-0.1, -0.05) is 19.6 Å². The number of hydrogen-bond donors (Lipinski definition) is 1. The Bertz CT molecular complexity index is 145. The number of nitrogens with one attached hydrogen (secondary N) is 1. The minimum atomic E-state index is 0.844. The fourth-order valence-electron chi connectivity index (χ4n) is 0.492. The van der Waals surface area contributed by atoms with Gasteiger partial charge in [-0.25, -0.2) is 4.99 Å². The van der Waals surface area contributed by atoms with Crippen molar-refractivity contribution in [2.24, 2.45) is 4.99 Å². The predicted molar refractivity (Wildman–Crippen MR) is 46.1 cm³/mol. The van der Waals surface area contributed by atoms with Crippen molar-refractivity contribution in [1.82, 2.24) is 5.32 Å². The molecule has 0 atom stereocenters. The summed E-state index contributed by atoms with van der Waals surface area (Å²) in [5.74, 6) is 0.844. The van der Waals surface area contributed by atoms with Crippen LogP contribution in [0.5, 0.6) is 0 Å². The molecule has 0 fully saturated rings. The molecule has 0 aliphatic heterocycles. The molecule has 0 rings (SSSR count). The first-order valence-corrected chi connectivity index (χ1v) is 3.38. The normalized spacial score (nSPS) is 12.0. The van der Waals surface area contributed by atoms with E-state index in [1.165, 1.54) is 0 Å². The molecule has 0 amide bonds. The number of hydrogen-bond acceptors (Lipinski definition) is 2. The molecule has 0 saturated carbocycles. The summed E-state index contributed by atoms with van der Waals surface area (Å²) in [7, 11) is 1.84. The summed E-state index contributed by atoms with van der Waals surface area (Å²) in [5.41, 5.74) is 0. The van der Waals surface area contributed by atoms with Crippen LogP contribution in [-0.4, -0.2) is 13.3 Å². The third kappa shape index (κ3) is 3.89. The number of allylic oxidation sites excluding steroid dienone is 2. The number of aliphatic imine (C=N–C) groups is 1. The highest BCUT2D eigenvalue weighted by Crippen LogP contribution is 1.88. The van der Waals surface area contributed by atoms with Gasteiger partial charge in [-0.2, -0.15) is 0 Å². The molecule has 56 valence electrons. The van der Waals surface area contributed by atoms with E-state index in [1.807, 2.05) is 26.3 Å². The molecular weight excluding hydrogens is 124 g/mol. The maximum Gasteiger partial charge on any atom is 0.125 e. The molecule has 1 N–H and O–H groups in total. The van der Waals surface area contributed by atoms with Gasteiger partial charge < -0.3 is 5.32 Å². The van der Waals surface area contributed by atoms with E-state index >= 15 is 0 Å². The van der Waals surface area contributed by atoms with Gasteiger partial charge in [0, 0.05) is 13.3 Å². The highest BCUT2D eigenvalue weighted by molar-refractivity contribution is 5.58. The lowest BCUT2D eigenvalue weighted by Crippen LogP contribution is -2.02.